The Kier molecular flexibility index (Phi) is 4.82. The second kappa shape index (κ2) is 6.13. The molecule has 0 spiro atoms. The van der Waals surface area contributed by atoms with Gasteiger partial charge >= 0.3 is 0 Å². The minimum absolute atomic E-state index is 0.0118. The number of carbonyl (C=O) groups is 1. The summed E-state index contributed by atoms with van der Waals surface area (Å²) < 4.78 is 4.93. The van der Waals surface area contributed by atoms with Gasteiger partial charge in [0.15, 0.2) is 11.5 Å². The van der Waals surface area contributed by atoms with Crippen molar-refractivity contribution in [3.05, 3.63) is 23.8 Å². The van der Waals surface area contributed by atoms with E-state index in [1.54, 1.807) is 24.1 Å². The van der Waals surface area contributed by atoms with E-state index in [-0.39, 0.29) is 11.7 Å². The first kappa shape index (κ1) is 13.4. The molecule has 0 saturated carbocycles. The van der Waals surface area contributed by atoms with Crippen LogP contribution in [0.4, 0.5) is 0 Å². The predicted octanol–water partition coefficient (Wildman–Crippen LogP) is 2.27. The quantitative estimate of drug-likeness (QED) is 0.854. The van der Waals surface area contributed by atoms with Gasteiger partial charge in [-0.2, -0.15) is 0 Å². The maximum atomic E-state index is 12.0. The van der Waals surface area contributed by atoms with E-state index in [2.05, 4.69) is 6.92 Å². The molecule has 0 bridgehead atoms. The molecular weight excluding hydrogens is 218 g/mol. The number of carbonyl (C=O) groups excluding carboxylic acids is 1. The average molecular weight is 237 g/mol. The molecule has 1 amide bonds. The molecule has 0 atom stereocenters. The summed E-state index contributed by atoms with van der Waals surface area (Å²) in [5, 5.41) is 9.60. The van der Waals surface area contributed by atoms with Gasteiger partial charge in [0.1, 0.15) is 0 Å². The van der Waals surface area contributed by atoms with Crippen LogP contribution in [0.2, 0.25) is 0 Å². The van der Waals surface area contributed by atoms with Crippen molar-refractivity contribution in [2.24, 2.45) is 0 Å². The summed E-state index contributed by atoms with van der Waals surface area (Å²) in [6.45, 7) is 2.81. The number of benzene rings is 1. The molecule has 94 valence electrons. The number of amides is 1. The molecule has 0 aromatic heterocycles. The molecule has 1 rings (SSSR count). The lowest BCUT2D eigenvalue weighted by Gasteiger charge is -2.17. The number of rotatable bonds is 5. The molecule has 0 radical (unpaired) electrons. The Labute approximate surface area is 102 Å². The summed E-state index contributed by atoms with van der Waals surface area (Å²) in [5.74, 6) is 0.274. The van der Waals surface area contributed by atoms with E-state index in [9.17, 15) is 9.90 Å². The minimum Gasteiger partial charge on any atom is -0.504 e. The van der Waals surface area contributed by atoms with Crippen LogP contribution in [0.25, 0.3) is 0 Å². The highest BCUT2D eigenvalue weighted by atomic mass is 16.5. The zero-order valence-corrected chi connectivity index (χ0v) is 10.6. The Morgan fingerprint density at radius 1 is 1.47 bits per heavy atom. The fraction of sp³-hybridized carbons (Fsp3) is 0.462. The van der Waals surface area contributed by atoms with E-state index in [0.717, 1.165) is 19.4 Å². The molecular formula is C13H19NO3. The van der Waals surface area contributed by atoms with E-state index in [0.29, 0.717) is 11.3 Å². The van der Waals surface area contributed by atoms with E-state index in [4.69, 9.17) is 4.74 Å². The summed E-state index contributed by atoms with van der Waals surface area (Å²) >= 11 is 0. The lowest BCUT2D eigenvalue weighted by molar-refractivity contribution is 0.0793. The topological polar surface area (TPSA) is 49.8 Å². The fourth-order valence-electron chi connectivity index (χ4n) is 1.54. The van der Waals surface area contributed by atoms with Gasteiger partial charge in [0, 0.05) is 19.2 Å². The lowest BCUT2D eigenvalue weighted by Crippen LogP contribution is -2.27. The molecule has 0 heterocycles. The Morgan fingerprint density at radius 2 is 2.18 bits per heavy atom. The number of phenolic OH excluding ortho intramolecular Hbond substituents is 1. The summed E-state index contributed by atoms with van der Waals surface area (Å²) in [7, 11) is 3.24. The summed E-state index contributed by atoms with van der Waals surface area (Å²) in [5.41, 5.74) is 0.474. The van der Waals surface area contributed by atoms with Crippen LogP contribution in [-0.2, 0) is 0 Å². The number of hydrogen-bond acceptors (Lipinski definition) is 3. The van der Waals surface area contributed by atoms with Crippen LogP contribution < -0.4 is 4.74 Å². The first-order valence-corrected chi connectivity index (χ1v) is 5.72. The van der Waals surface area contributed by atoms with Crippen LogP contribution in [0.15, 0.2) is 18.2 Å². The van der Waals surface area contributed by atoms with Gasteiger partial charge in [-0.1, -0.05) is 13.3 Å². The zero-order chi connectivity index (χ0) is 12.8. The van der Waals surface area contributed by atoms with Gasteiger partial charge in [-0.25, -0.2) is 0 Å². The Balaban J connectivity index is 2.78. The third-order valence-electron chi connectivity index (χ3n) is 2.62. The molecule has 1 aromatic carbocycles. The van der Waals surface area contributed by atoms with Crippen LogP contribution in [0.3, 0.4) is 0 Å². The van der Waals surface area contributed by atoms with Crippen molar-refractivity contribution in [2.45, 2.75) is 19.8 Å². The van der Waals surface area contributed by atoms with Crippen molar-refractivity contribution in [1.29, 1.82) is 0 Å². The summed E-state index contributed by atoms with van der Waals surface area (Å²) in [6, 6.07) is 4.68. The number of hydrogen-bond donors (Lipinski definition) is 1. The standard InChI is InChI=1S/C13H19NO3/c1-4-5-8-14(2)13(16)10-6-7-12(17-3)11(15)9-10/h6-7,9,15H,4-5,8H2,1-3H3. The smallest absolute Gasteiger partial charge is 0.253 e. The Morgan fingerprint density at radius 3 is 2.71 bits per heavy atom. The van der Waals surface area contributed by atoms with Crippen LogP contribution in [-0.4, -0.2) is 36.6 Å². The molecule has 4 nitrogen and oxygen atoms in total. The van der Waals surface area contributed by atoms with Gasteiger partial charge in [-0.05, 0) is 24.6 Å². The van der Waals surface area contributed by atoms with Crippen LogP contribution in [0, 0.1) is 0 Å². The summed E-state index contributed by atoms with van der Waals surface area (Å²) in [4.78, 5) is 13.6. The SMILES string of the molecule is CCCCN(C)C(=O)c1ccc(OC)c(O)c1. The molecule has 0 unspecified atom stereocenters. The predicted molar refractivity (Wildman–Crippen MR) is 66.5 cm³/mol. The highest BCUT2D eigenvalue weighted by Gasteiger charge is 2.13. The number of aromatic hydroxyl groups is 1. The van der Waals surface area contributed by atoms with Gasteiger partial charge in [0.2, 0.25) is 0 Å². The van der Waals surface area contributed by atoms with Crippen molar-refractivity contribution in [1.82, 2.24) is 4.90 Å². The van der Waals surface area contributed by atoms with Crippen LogP contribution in [0.1, 0.15) is 30.1 Å². The van der Waals surface area contributed by atoms with Crippen LogP contribution in [0.5, 0.6) is 11.5 Å². The van der Waals surface area contributed by atoms with Gasteiger partial charge in [0.25, 0.3) is 5.91 Å². The number of nitrogens with zero attached hydrogens (tertiary/aromatic N) is 1. The highest BCUT2D eigenvalue weighted by molar-refractivity contribution is 5.94. The molecule has 4 heteroatoms. The normalized spacial score (nSPS) is 10.1. The minimum atomic E-state index is -0.0867. The fourth-order valence-corrected chi connectivity index (χ4v) is 1.54. The second-order valence-corrected chi connectivity index (χ2v) is 3.97. The molecule has 0 saturated heterocycles. The van der Waals surface area contributed by atoms with Gasteiger partial charge in [0.05, 0.1) is 7.11 Å². The molecule has 0 aliphatic carbocycles. The van der Waals surface area contributed by atoms with E-state index < -0.39 is 0 Å². The zero-order valence-electron chi connectivity index (χ0n) is 10.6. The number of phenols is 1. The van der Waals surface area contributed by atoms with Crippen LogP contribution >= 0.6 is 0 Å². The first-order valence-electron chi connectivity index (χ1n) is 5.72. The first-order chi connectivity index (χ1) is 8.10. The molecule has 0 fully saturated rings. The number of unbranched alkanes of at least 4 members (excludes halogenated alkanes) is 1. The molecule has 0 aliphatic rings. The van der Waals surface area contributed by atoms with Crippen molar-refractivity contribution in [3.63, 3.8) is 0 Å². The van der Waals surface area contributed by atoms with Crippen molar-refractivity contribution in [3.8, 4) is 11.5 Å². The molecule has 1 aromatic rings. The number of ether oxygens (including phenoxy) is 1. The van der Waals surface area contributed by atoms with Gasteiger partial charge in [-0.3, -0.25) is 4.79 Å². The largest absolute Gasteiger partial charge is 0.504 e. The highest BCUT2D eigenvalue weighted by Crippen LogP contribution is 2.26. The maximum absolute atomic E-state index is 12.0. The lowest BCUT2D eigenvalue weighted by atomic mass is 10.1. The van der Waals surface area contributed by atoms with Gasteiger partial charge < -0.3 is 14.7 Å². The van der Waals surface area contributed by atoms with E-state index >= 15 is 0 Å². The Hall–Kier alpha value is -1.71. The second-order valence-electron chi connectivity index (χ2n) is 3.97. The third-order valence-corrected chi connectivity index (χ3v) is 2.62. The Bertz CT molecular complexity index is 390. The van der Waals surface area contributed by atoms with E-state index in [1.807, 2.05) is 0 Å². The van der Waals surface area contributed by atoms with Crippen molar-refractivity contribution in [2.75, 3.05) is 20.7 Å². The molecule has 17 heavy (non-hydrogen) atoms. The van der Waals surface area contributed by atoms with Gasteiger partial charge in [-0.15, -0.1) is 0 Å². The summed E-state index contributed by atoms with van der Waals surface area (Å²) in [6.07, 6.45) is 2.02. The average Bonchev–Trinajstić information content (AvgIpc) is 2.34. The molecule has 0 aliphatic heterocycles. The monoisotopic (exact) mass is 237 g/mol. The maximum Gasteiger partial charge on any atom is 0.253 e. The molecule has 1 N–H and O–H groups in total. The van der Waals surface area contributed by atoms with E-state index in [1.165, 1.54) is 13.2 Å². The van der Waals surface area contributed by atoms with Crippen molar-refractivity contribution < 1.29 is 14.6 Å². The van der Waals surface area contributed by atoms with Crippen molar-refractivity contribution >= 4 is 5.91 Å². The number of methoxy groups -OCH3 is 1. The third kappa shape index (κ3) is 3.37.